The highest BCUT2D eigenvalue weighted by molar-refractivity contribution is 6.30. The Kier molecular flexibility index (Phi) is 7.49. The van der Waals surface area contributed by atoms with Gasteiger partial charge in [0.15, 0.2) is 0 Å². The number of benzene rings is 1. The molecule has 1 heterocycles. The smallest absolute Gasteiger partial charge is 0.242 e. The molecule has 1 aliphatic heterocycles. The van der Waals surface area contributed by atoms with E-state index in [0.717, 1.165) is 5.56 Å². The predicted molar refractivity (Wildman–Crippen MR) is 117 cm³/mol. The first-order chi connectivity index (χ1) is 14.9. The number of halogens is 1. The third-order valence-electron chi connectivity index (χ3n) is 6.05. The lowest BCUT2D eigenvalue weighted by Crippen LogP contribution is -2.49. The van der Waals surface area contributed by atoms with Crippen molar-refractivity contribution in [1.29, 1.82) is 0 Å². The monoisotopic (exact) mass is 445 g/mol. The number of carbonyl (C=O) groups is 4. The number of hydrogen-bond donors (Lipinski definition) is 1. The molecule has 0 radical (unpaired) electrons. The maximum Gasteiger partial charge on any atom is 0.242 e. The van der Waals surface area contributed by atoms with Gasteiger partial charge in [0.05, 0.1) is 11.8 Å². The molecule has 3 atom stereocenters. The fourth-order valence-electron chi connectivity index (χ4n) is 4.31. The number of carbonyl (C=O) groups excluding carboxylic acids is 4. The lowest BCUT2D eigenvalue weighted by molar-refractivity contribution is -0.144. The van der Waals surface area contributed by atoms with Gasteiger partial charge in [0, 0.05) is 31.6 Å². The number of imide groups is 1. The van der Waals surface area contributed by atoms with E-state index in [9.17, 15) is 19.2 Å². The van der Waals surface area contributed by atoms with Crippen LogP contribution in [0.25, 0.3) is 0 Å². The van der Waals surface area contributed by atoms with Crippen molar-refractivity contribution < 1.29 is 19.2 Å². The Bertz CT molecular complexity index is 857. The zero-order valence-corrected chi connectivity index (χ0v) is 18.6. The molecule has 0 saturated carbocycles. The largest absolute Gasteiger partial charge is 0.357 e. The summed E-state index contributed by atoms with van der Waals surface area (Å²) >= 11 is 5.96. The Balaban J connectivity index is 1.73. The molecule has 0 spiro atoms. The topological polar surface area (TPSA) is 86.8 Å². The summed E-state index contributed by atoms with van der Waals surface area (Å²) in [4.78, 5) is 53.7. The molecule has 0 bridgehead atoms. The molecule has 8 heteroatoms. The van der Waals surface area contributed by atoms with Crippen molar-refractivity contribution in [2.24, 2.45) is 11.8 Å². The minimum atomic E-state index is -0.648. The van der Waals surface area contributed by atoms with Gasteiger partial charge in [-0.3, -0.25) is 24.1 Å². The van der Waals surface area contributed by atoms with Crippen molar-refractivity contribution in [3.63, 3.8) is 0 Å². The van der Waals surface area contributed by atoms with E-state index in [-0.39, 0.29) is 55.0 Å². The zero-order valence-electron chi connectivity index (χ0n) is 17.8. The van der Waals surface area contributed by atoms with Gasteiger partial charge in [-0.25, -0.2) is 0 Å². The second kappa shape index (κ2) is 10.1. The fourth-order valence-corrected chi connectivity index (χ4v) is 4.44. The number of hydrogen-bond acceptors (Lipinski definition) is 4. The van der Waals surface area contributed by atoms with Crippen molar-refractivity contribution in [2.75, 3.05) is 13.6 Å². The Labute approximate surface area is 187 Å². The molecule has 1 fully saturated rings. The van der Waals surface area contributed by atoms with Gasteiger partial charge in [-0.2, -0.15) is 0 Å². The number of rotatable bonds is 8. The van der Waals surface area contributed by atoms with Gasteiger partial charge in [-0.15, -0.1) is 0 Å². The summed E-state index contributed by atoms with van der Waals surface area (Å²) in [5.41, 5.74) is 0.838. The van der Waals surface area contributed by atoms with Crippen LogP contribution in [0.1, 0.15) is 38.2 Å². The Morgan fingerprint density at radius 1 is 1.13 bits per heavy atom. The van der Waals surface area contributed by atoms with E-state index < -0.39 is 6.04 Å². The van der Waals surface area contributed by atoms with Crippen molar-refractivity contribution in [3.8, 4) is 0 Å². The van der Waals surface area contributed by atoms with E-state index in [0.29, 0.717) is 24.3 Å². The van der Waals surface area contributed by atoms with Crippen LogP contribution in [0.4, 0.5) is 0 Å². The van der Waals surface area contributed by atoms with Gasteiger partial charge < -0.3 is 10.2 Å². The Morgan fingerprint density at radius 2 is 1.71 bits per heavy atom. The van der Waals surface area contributed by atoms with Crippen LogP contribution in [0, 0.1) is 11.8 Å². The highest BCUT2D eigenvalue weighted by Crippen LogP contribution is 2.35. The van der Waals surface area contributed by atoms with Gasteiger partial charge in [0.2, 0.25) is 23.6 Å². The molecule has 2 aliphatic rings. The first kappa shape index (κ1) is 23.0. The molecule has 7 nitrogen and oxygen atoms in total. The Hall–Kier alpha value is -2.67. The van der Waals surface area contributed by atoms with E-state index >= 15 is 0 Å². The van der Waals surface area contributed by atoms with Gasteiger partial charge in [-0.1, -0.05) is 42.8 Å². The van der Waals surface area contributed by atoms with E-state index in [1.54, 1.807) is 12.1 Å². The summed E-state index contributed by atoms with van der Waals surface area (Å²) in [6.45, 7) is 2.11. The average Bonchev–Trinajstić information content (AvgIpc) is 3.03. The van der Waals surface area contributed by atoms with Gasteiger partial charge in [-0.05, 0) is 37.0 Å². The summed E-state index contributed by atoms with van der Waals surface area (Å²) in [7, 11) is 1.54. The van der Waals surface area contributed by atoms with E-state index in [4.69, 9.17) is 11.6 Å². The van der Waals surface area contributed by atoms with Crippen LogP contribution < -0.4 is 5.32 Å². The molecule has 4 amide bonds. The van der Waals surface area contributed by atoms with Crippen LogP contribution in [-0.4, -0.2) is 53.1 Å². The average molecular weight is 446 g/mol. The van der Waals surface area contributed by atoms with Crippen LogP contribution in [0.3, 0.4) is 0 Å². The maximum atomic E-state index is 13.2. The SMILES string of the molecule is CCC(C(=O)NC)N(Cc1ccc(Cl)cc1)C(=O)CCN1C(=O)[C@H]2CC=CC[C@H]2C1=O. The lowest BCUT2D eigenvalue weighted by Gasteiger charge is -2.30. The summed E-state index contributed by atoms with van der Waals surface area (Å²) in [5.74, 6) is -1.56. The highest BCUT2D eigenvalue weighted by atomic mass is 35.5. The van der Waals surface area contributed by atoms with Gasteiger partial charge in [0.25, 0.3) is 0 Å². The quantitative estimate of drug-likeness (QED) is 0.492. The predicted octanol–water partition coefficient (Wildman–Crippen LogP) is 2.53. The summed E-state index contributed by atoms with van der Waals surface area (Å²) in [6.07, 6.45) is 5.42. The second-order valence-electron chi connectivity index (χ2n) is 7.92. The number of amides is 4. The zero-order chi connectivity index (χ0) is 22.5. The third kappa shape index (κ3) is 4.98. The molecule has 3 rings (SSSR count). The molecule has 1 saturated heterocycles. The summed E-state index contributed by atoms with van der Waals surface area (Å²) < 4.78 is 0. The van der Waals surface area contributed by atoms with Crippen molar-refractivity contribution >= 4 is 35.2 Å². The number of likely N-dealkylation sites (N-methyl/N-ethyl adjacent to an activating group) is 1. The number of fused-ring (bicyclic) bond motifs is 1. The number of allylic oxidation sites excluding steroid dienone is 2. The molecule has 166 valence electrons. The Morgan fingerprint density at radius 3 is 2.23 bits per heavy atom. The normalized spacial score (nSPS) is 21.1. The lowest BCUT2D eigenvalue weighted by atomic mass is 9.85. The molecule has 1 aromatic rings. The van der Waals surface area contributed by atoms with E-state index in [1.165, 1.54) is 16.8 Å². The van der Waals surface area contributed by atoms with E-state index in [1.807, 2.05) is 31.2 Å². The molecular formula is C23H28ClN3O4. The molecular weight excluding hydrogens is 418 g/mol. The van der Waals surface area contributed by atoms with Crippen molar-refractivity contribution in [3.05, 3.63) is 47.0 Å². The van der Waals surface area contributed by atoms with Crippen molar-refractivity contribution in [1.82, 2.24) is 15.1 Å². The summed E-state index contributed by atoms with van der Waals surface area (Å²) in [6, 6.07) is 6.44. The summed E-state index contributed by atoms with van der Waals surface area (Å²) in [5, 5.41) is 3.20. The van der Waals surface area contributed by atoms with Gasteiger partial charge >= 0.3 is 0 Å². The molecule has 1 unspecified atom stereocenters. The highest BCUT2D eigenvalue weighted by Gasteiger charge is 2.47. The minimum absolute atomic E-state index is 0.0224. The standard InChI is InChI=1S/C23H28ClN3O4/c1-3-19(21(29)25-2)27(14-15-8-10-16(24)11-9-15)20(28)12-13-26-22(30)17-6-4-5-7-18(17)23(26)31/h4-5,8-11,17-19H,3,6-7,12-14H2,1-2H3,(H,25,29)/t17-,18+,19?. The van der Waals surface area contributed by atoms with Crippen LogP contribution in [0.15, 0.2) is 36.4 Å². The van der Waals surface area contributed by atoms with Crippen LogP contribution in [0.5, 0.6) is 0 Å². The van der Waals surface area contributed by atoms with Crippen molar-refractivity contribution in [2.45, 2.75) is 45.2 Å². The first-order valence-electron chi connectivity index (χ1n) is 10.6. The molecule has 0 aromatic heterocycles. The molecule has 31 heavy (non-hydrogen) atoms. The van der Waals surface area contributed by atoms with Crippen LogP contribution in [-0.2, 0) is 25.7 Å². The number of nitrogens with zero attached hydrogens (tertiary/aromatic N) is 2. The molecule has 1 aliphatic carbocycles. The minimum Gasteiger partial charge on any atom is -0.357 e. The van der Waals surface area contributed by atoms with Crippen LogP contribution in [0.2, 0.25) is 5.02 Å². The number of likely N-dealkylation sites (tertiary alicyclic amines) is 1. The van der Waals surface area contributed by atoms with Crippen LogP contribution >= 0.6 is 11.6 Å². The molecule has 1 N–H and O–H groups in total. The van der Waals surface area contributed by atoms with E-state index in [2.05, 4.69) is 5.32 Å². The molecule has 1 aromatic carbocycles. The second-order valence-corrected chi connectivity index (χ2v) is 8.36. The first-order valence-corrected chi connectivity index (χ1v) is 11.0. The van der Waals surface area contributed by atoms with Gasteiger partial charge in [0.1, 0.15) is 6.04 Å². The third-order valence-corrected chi connectivity index (χ3v) is 6.30. The maximum absolute atomic E-state index is 13.2. The number of nitrogens with one attached hydrogen (secondary N) is 1. The fraction of sp³-hybridized carbons (Fsp3) is 0.478.